The maximum Gasteiger partial charge on any atom is 0.306 e. The van der Waals surface area contributed by atoms with Gasteiger partial charge >= 0.3 is 5.69 Å². The number of nitrogens with zero attached hydrogens (tertiary/aromatic N) is 3. The van der Waals surface area contributed by atoms with Crippen LogP contribution in [0.15, 0.2) is 41.6 Å². The normalized spacial score (nSPS) is 11.3. The number of carbonyl (C=O) groups is 1. The van der Waals surface area contributed by atoms with E-state index >= 15 is 0 Å². The number of hydrogen-bond acceptors (Lipinski definition) is 7. The predicted octanol–water partition coefficient (Wildman–Crippen LogP) is 0.0571. The Balaban J connectivity index is 1.96. The standard InChI is InChI=1S/C14H18N6O5S/c15-5-6-17-26(24,25)13-3-1-2-11(8-13)18-14(21)4-7-19-10-12(9-16-19)20(22)23/h1-3,8-10,17H,4-7,15H2,(H,18,21). The molecule has 4 N–H and O–H groups in total. The van der Waals surface area contributed by atoms with Crippen LogP contribution in [0.2, 0.25) is 0 Å². The van der Waals surface area contributed by atoms with Crippen LogP contribution in [0.25, 0.3) is 0 Å². The minimum Gasteiger partial charge on any atom is -0.329 e. The largest absolute Gasteiger partial charge is 0.329 e. The van der Waals surface area contributed by atoms with Crippen molar-refractivity contribution in [3.05, 3.63) is 46.8 Å². The van der Waals surface area contributed by atoms with Crippen LogP contribution in [-0.2, 0) is 21.4 Å². The van der Waals surface area contributed by atoms with Gasteiger partial charge in [-0.25, -0.2) is 13.1 Å². The van der Waals surface area contributed by atoms with Gasteiger partial charge in [0.25, 0.3) is 0 Å². The number of nitrogens with two attached hydrogens (primary N) is 1. The lowest BCUT2D eigenvalue weighted by molar-refractivity contribution is -0.385. The molecule has 11 nitrogen and oxygen atoms in total. The number of nitro groups is 1. The van der Waals surface area contributed by atoms with Crippen molar-refractivity contribution < 1.29 is 18.1 Å². The quantitative estimate of drug-likeness (QED) is 0.408. The molecule has 0 aliphatic heterocycles. The lowest BCUT2D eigenvalue weighted by Crippen LogP contribution is -2.29. The van der Waals surface area contributed by atoms with Gasteiger partial charge in [-0.05, 0) is 18.2 Å². The van der Waals surface area contributed by atoms with E-state index in [4.69, 9.17) is 5.73 Å². The van der Waals surface area contributed by atoms with Gasteiger partial charge in [-0.1, -0.05) is 6.07 Å². The molecular formula is C14H18N6O5S. The Kier molecular flexibility index (Phi) is 6.38. The Morgan fingerprint density at radius 3 is 2.81 bits per heavy atom. The summed E-state index contributed by atoms with van der Waals surface area (Å²) in [5.74, 6) is -0.382. The van der Waals surface area contributed by atoms with Gasteiger partial charge in [0.05, 0.1) is 9.82 Å². The zero-order valence-corrected chi connectivity index (χ0v) is 14.5. The van der Waals surface area contributed by atoms with Gasteiger partial charge < -0.3 is 11.1 Å². The van der Waals surface area contributed by atoms with Crippen LogP contribution >= 0.6 is 0 Å². The van der Waals surface area contributed by atoms with E-state index in [0.29, 0.717) is 5.69 Å². The Labute approximate surface area is 149 Å². The van der Waals surface area contributed by atoms with Gasteiger partial charge in [0.2, 0.25) is 15.9 Å². The van der Waals surface area contributed by atoms with Crippen LogP contribution in [0, 0.1) is 10.1 Å². The van der Waals surface area contributed by atoms with Gasteiger partial charge in [-0.3, -0.25) is 19.6 Å². The van der Waals surface area contributed by atoms with Crippen molar-refractivity contribution in [1.29, 1.82) is 0 Å². The third-order valence-electron chi connectivity index (χ3n) is 3.26. The zero-order chi connectivity index (χ0) is 19.2. The number of aryl methyl sites for hydroxylation is 1. The van der Waals surface area contributed by atoms with Crippen molar-refractivity contribution in [3.8, 4) is 0 Å². The summed E-state index contributed by atoms with van der Waals surface area (Å²) < 4.78 is 27.7. The maximum atomic E-state index is 12.1. The molecule has 0 fully saturated rings. The number of anilines is 1. The van der Waals surface area contributed by atoms with E-state index < -0.39 is 14.9 Å². The summed E-state index contributed by atoms with van der Waals surface area (Å²) in [5.41, 5.74) is 5.44. The minimum absolute atomic E-state index is 0.00597. The van der Waals surface area contributed by atoms with Crippen LogP contribution in [0.5, 0.6) is 0 Å². The molecule has 26 heavy (non-hydrogen) atoms. The Bertz CT molecular complexity index is 895. The fraction of sp³-hybridized carbons (Fsp3) is 0.286. The van der Waals surface area contributed by atoms with Crippen LogP contribution in [0.1, 0.15) is 6.42 Å². The molecule has 1 aromatic heterocycles. The summed E-state index contributed by atoms with van der Waals surface area (Å²) >= 11 is 0. The fourth-order valence-electron chi connectivity index (χ4n) is 2.03. The second-order valence-corrected chi connectivity index (χ2v) is 7.00. The van der Waals surface area contributed by atoms with Crippen LogP contribution < -0.4 is 15.8 Å². The molecule has 0 unspecified atom stereocenters. The molecule has 2 aromatic rings. The van der Waals surface area contributed by atoms with Crippen LogP contribution in [0.3, 0.4) is 0 Å². The zero-order valence-electron chi connectivity index (χ0n) is 13.7. The lowest BCUT2D eigenvalue weighted by Gasteiger charge is -2.09. The number of nitrogens with one attached hydrogen (secondary N) is 2. The van der Waals surface area contributed by atoms with E-state index in [1.165, 1.54) is 29.1 Å². The van der Waals surface area contributed by atoms with E-state index in [-0.39, 0.29) is 42.5 Å². The summed E-state index contributed by atoms with van der Waals surface area (Å²) in [7, 11) is -3.70. The molecule has 2 rings (SSSR count). The highest BCUT2D eigenvalue weighted by atomic mass is 32.2. The molecule has 1 aromatic carbocycles. The van der Waals surface area contributed by atoms with Gasteiger partial charge in [-0.15, -0.1) is 0 Å². The number of aromatic nitrogens is 2. The topological polar surface area (TPSA) is 162 Å². The van der Waals surface area contributed by atoms with Crippen molar-refractivity contribution in [2.45, 2.75) is 17.9 Å². The van der Waals surface area contributed by atoms with E-state index in [9.17, 15) is 23.3 Å². The van der Waals surface area contributed by atoms with E-state index in [0.717, 1.165) is 6.20 Å². The highest BCUT2D eigenvalue weighted by Crippen LogP contribution is 2.15. The molecule has 0 spiro atoms. The van der Waals surface area contributed by atoms with Gasteiger partial charge in [0.1, 0.15) is 12.4 Å². The van der Waals surface area contributed by atoms with Crippen molar-refractivity contribution in [2.75, 3.05) is 18.4 Å². The average Bonchev–Trinajstić information content (AvgIpc) is 3.08. The Morgan fingerprint density at radius 1 is 1.38 bits per heavy atom. The van der Waals surface area contributed by atoms with Crippen molar-refractivity contribution in [3.63, 3.8) is 0 Å². The highest BCUT2D eigenvalue weighted by molar-refractivity contribution is 7.89. The predicted molar refractivity (Wildman–Crippen MR) is 92.8 cm³/mol. The number of rotatable bonds is 9. The van der Waals surface area contributed by atoms with E-state index in [1.54, 1.807) is 6.07 Å². The average molecular weight is 382 g/mol. The first kappa shape index (κ1) is 19.5. The van der Waals surface area contributed by atoms with Gasteiger partial charge in [0.15, 0.2) is 0 Å². The molecule has 0 radical (unpaired) electrons. The summed E-state index contributed by atoms with van der Waals surface area (Å²) in [5, 5.41) is 17.0. The maximum absolute atomic E-state index is 12.1. The summed E-state index contributed by atoms with van der Waals surface area (Å²) in [6.07, 6.45) is 2.34. The first-order valence-corrected chi connectivity index (χ1v) is 9.06. The van der Waals surface area contributed by atoms with Gasteiger partial charge in [-0.2, -0.15) is 5.10 Å². The molecule has 12 heteroatoms. The number of sulfonamides is 1. The number of carbonyl (C=O) groups excluding carboxylic acids is 1. The minimum atomic E-state index is -3.70. The van der Waals surface area contributed by atoms with Crippen molar-refractivity contribution in [1.82, 2.24) is 14.5 Å². The molecule has 1 heterocycles. The lowest BCUT2D eigenvalue weighted by atomic mass is 10.3. The summed E-state index contributed by atoms with van der Waals surface area (Å²) in [6, 6.07) is 5.79. The SMILES string of the molecule is NCCNS(=O)(=O)c1cccc(NC(=O)CCn2cc([N+](=O)[O-])cn2)c1. The molecule has 1 amide bonds. The molecule has 140 valence electrons. The van der Waals surface area contributed by atoms with E-state index in [2.05, 4.69) is 15.1 Å². The van der Waals surface area contributed by atoms with E-state index in [1.807, 2.05) is 0 Å². The molecule has 0 bridgehead atoms. The monoisotopic (exact) mass is 382 g/mol. The molecule has 0 aliphatic rings. The second-order valence-electron chi connectivity index (χ2n) is 5.23. The molecule has 0 saturated carbocycles. The second kappa shape index (κ2) is 8.51. The van der Waals surface area contributed by atoms with Crippen LogP contribution in [0.4, 0.5) is 11.4 Å². The first-order valence-electron chi connectivity index (χ1n) is 7.58. The third kappa shape index (κ3) is 5.34. The first-order chi connectivity index (χ1) is 12.3. The summed E-state index contributed by atoms with van der Waals surface area (Å²) in [4.78, 5) is 22.0. The molecule has 0 aliphatic carbocycles. The van der Waals surface area contributed by atoms with Crippen LogP contribution in [-0.4, -0.2) is 42.1 Å². The number of amides is 1. The highest BCUT2D eigenvalue weighted by Gasteiger charge is 2.14. The Morgan fingerprint density at radius 2 is 2.15 bits per heavy atom. The number of hydrogen-bond donors (Lipinski definition) is 3. The molecular weight excluding hydrogens is 364 g/mol. The number of benzene rings is 1. The summed E-state index contributed by atoms with van der Waals surface area (Å²) in [6.45, 7) is 0.423. The van der Waals surface area contributed by atoms with Crippen molar-refractivity contribution >= 4 is 27.3 Å². The smallest absolute Gasteiger partial charge is 0.306 e. The van der Waals surface area contributed by atoms with Crippen molar-refractivity contribution in [2.24, 2.45) is 5.73 Å². The fourth-order valence-corrected chi connectivity index (χ4v) is 3.12. The van der Waals surface area contributed by atoms with Gasteiger partial charge in [0, 0.05) is 31.7 Å². The Hall–Kier alpha value is -2.83. The molecule has 0 atom stereocenters. The molecule has 0 saturated heterocycles. The third-order valence-corrected chi connectivity index (χ3v) is 4.72.